The smallest absolute Gasteiger partial charge is 0.324 e. The highest BCUT2D eigenvalue weighted by atomic mass is 32.2. The zero-order chi connectivity index (χ0) is 20.4. The number of amides is 1. The van der Waals surface area contributed by atoms with Crippen LogP contribution in [0, 0.1) is 13.8 Å². The zero-order valence-electron chi connectivity index (χ0n) is 16.0. The Balaban J connectivity index is 1.58. The minimum Gasteiger partial charge on any atom is -0.324 e. The van der Waals surface area contributed by atoms with Crippen LogP contribution >= 0.6 is 11.8 Å². The molecule has 0 unspecified atom stereocenters. The SMILES string of the molecule is Cc1ccc(NC(=O)Cn2nc3c(Sc4ccc(C)cc4)nccn3c2=O)cc1. The molecule has 2 aromatic carbocycles. The summed E-state index contributed by atoms with van der Waals surface area (Å²) in [7, 11) is 0. The van der Waals surface area contributed by atoms with E-state index in [1.54, 1.807) is 12.4 Å². The molecule has 8 heteroatoms. The van der Waals surface area contributed by atoms with E-state index in [1.807, 2.05) is 62.4 Å². The summed E-state index contributed by atoms with van der Waals surface area (Å²) in [5.41, 5.74) is 2.99. The van der Waals surface area contributed by atoms with E-state index in [0.717, 1.165) is 15.1 Å². The highest BCUT2D eigenvalue weighted by Crippen LogP contribution is 2.28. The summed E-state index contributed by atoms with van der Waals surface area (Å²) in [6, 6.07) is 15.5. The van der Waals surface area contributed by atoms with Crippen molar-refractivity contribution in [2.24, 2.45) is 0 Å². The highest BCUT2D eigenvalue weighted by Gasteiger charge is 2.15. The van der Waals surface area contributed by atoms with Crippen molar-refractivity contribution in [2.75, 3.05) is 5.32 Å². The van der Waals surface area contributed by atoms with Gasteiger partial charge in [-0.25, -0.2) is 18.9 Å². The number of aryl methyl sites for hydroxylation is 2. The molecule has 2 heterocycles. The fraction of sp³-hybridized carbons (Fsp3) is 0.143. The van der Waals surface area contributed by atoms with Crippen LogP contribution in [0.4, 0.5) is 5.69 Å². The van der Waals surface area contributed by atoms with E-state index in [1.165, 1.54) is 21.7 Å². The molecule has 4 aromatic rings. The summed E-state index contributed by atoms with van der Waals surface area (Å²) in [5.74, 6) is -0.319. The first-order valence-corrected chi connectivity index (χ1v) is 9.86. The summed E-state index contributed by atoms with van der Waals surface area (Å²) in [5, 5.41) is 7.73. The predicted octanol–water partition coefficient (Wildman–Crippen LogP) is 3.30. The molecule has 0 spiro atoms. The van der Waals surface area contributed by atoms with E-state index in [2.05, 4.69) is 15.4 Å². The fourth-order valence-corrected chi connectivity index (χ4v) is 3.63. The summed E-state index contributed by atoms with van der Waals surface area (Å²) < 4.78 is 2.56. The van der Waals surface area contributed by atoms with Crippen LogP contribution in [0.25, 0.3) is 5.65 Å². The fourth-order valence-electron chi connectivity index (χ4n) is 2.79. The Bertz CT molecular complexity index is 1230. The second kappa shape index (κ2) is 7.92. The molecule has 0 aliphatic heterocycles. The minimum atomic E-state index is -0.382. The van der Waals surface area contributed by atoms with Crippen molar-refractivity contribution in [3.63, 3.8) is 0 Å². The van der Waals surface area contributed by atoms with E-state index in [4.69, 9.17) is 0 Å². The van der Waals surface area contributed by atoms with Crippen LogP contribution in [0.1, 0.15) is 11.1 Å². The van der Waals surface area contributed by atoms with Gasteiger partial charge in [-0.3, -0.25) is 4.79 Å². The Hall–Kier alpha value is -3.39. The topological polar surface area (TPSA) is 81.3 Å². The Morgan fingerprint density at radius 1 is 1.03 bits per heavy atom. The van der Waals surface area contributed by atoms with Crippen LogP contribution in [-0.4, -0.2) is 25.1 Å². The van der Waals surface area contributed by atoms with Crippen LogP contribution in [-0.2, 0) is 11.3 Å². The second-order valence-electron chi connectivity index (χ2n) is 6.70. The van der Waals surface area contributed by atoms with Gasteiger partial charge < -0.3 is 5.32 Å². The van der Waals surface area contributed by atoms with Crippen molar-refractivity contribution in [2.45, 2.75) is 30.3 Å². The number of fused-ring (bicyclic) bond motifs is 1. The van der Waals surface area contributed by atoms with E-state index in [0.29, 0.717) is 16.4 Å². The molecule has 0 radical (unpaired) electrons. The average Bonchev–Trinajstić information content (AvgIpc) is 3.02. The van der Waals surface area contributed by atoms with Gasteiger partial charge in [0.25, 0.3) is 0 Å². The largest absolute Gasteiger partial charge is 0.350 e. The number of benzene rings is 2. The number of rotatable bonds is 5. The lowest BCUT2D eigenvalue weighted by Gasteiger charge is -2.04. The molecular formula is C21H19N5O2S. The molecule has 146 valence electrons. The molecule has 4 rings (SSSR count). The molecule has 2 aromatic heterocycles. The van der Waals surface area contributed by atoms with Crippen molar-refractivity contribution >= 4 is 29.0 Å². The van der Waals surface area contributed by atoms with Crippen molar-refractivity contribution in [1.82, 2.24) is 19.2 Å². The molecule has 0 aliphatic carbocycles. The molecule has 29 heavy (non-hydrogen) atoms. The maximum atomic E-state index is 12.7. The number of aromatic nitrogens is 4. The molecule has 0 aliphatic rings. The van der Waals surface area contributed by atoms with Crippen molar-refractivity contribution in [3.05, 3.63) is 82.5 Å². The summed E-state index contributed by atoms with van der Waals surface area (Å²) in [6.45, 7) is 3.82. The van der Waals surface area contributed by atoms with E-state index < -0.39 is 0 Å². The maximum Gasteiger partial charge on any atom is 0.350 e. The molecule has 7 nitrogen and oxygen atoms in total. The lowest BCUT2D eigenvalue weighted by atomic mass is 10.2. The van der Waals surface area contributed by atoms with Crippen LogP contribution in [0.15, 0.2) is 75.6 Å². The summed E-state index contributed by atoms with van der Waals surface area (Å²) >= 11 is 1.42. The molecular weight excluding hydrogens is 386 g/mol. The van der Waals surface area contributed by atoms with Crippen molar-refractivity contribution in [3.8, 4) is 0 Å². The number of anilines is 1. The standard InChI is InChI=1S/C21H19N5O2S/c1-14-3-7-16(8-4-14)23-18(27)13-26-21(28)25-12-11-22-20(19(25)24-26)29-17-9-5-15(2)6-10-17/h3-12H,13H2,1-2H3,(H,23,27). The van der Waals surface area contributed by atoms with E-state index >= 15 is 0 Å². The van der Waals surface area contributed by atoms with Crippen LogP contribution in [0.2, 0.25) is 0 Å². The lowest BCUT2D eigenvalue weighted by Crippen LogP contribution is -2.28. The molecule has 1 amide bonds. The normalized spacial score (nSPS) is 11.0. The minimum absolute atomic E-state index is 0.178. The molecule has 0 atom stereocenters. The van der Waals surface area contributed by atoms with Gasteiger partial charge in [0, 0.05) is 23.0 Å². The molecule has 0 bridgehead atoms. The number of nitrogens with one attached hydrogen (secondary N) is 1. The third-order valence-corrected chi connectivity index (χ3v) is 5.32. The second-order valence-corrected chi connectivity index (χ2v) is 7.76. The number of hydrogen-bond donors (Lipinski definition) is 1. The van der Waals surface area contributed by atoms with Gasteiger partial charge in [-0.1, -0.05) is 47.2 Å². The van der Waals surface area contributed by atoms with Crippen LogP contribution in [0.3, 0.4) is 0 Å². The quantitative estimate of drug-likeness (QED) is 0.551. The molecule has 1 N–H and O–H groups in total. The summed E-state index contributed by atoms with van der Waals surface area (Å²) in [6.07, 6.45) is 3.11. The van der Waals surface area contributed by atoms with Crippen molar-refractivity contribution in [1.29, 1.82) is 0 Å². The lowest BCUT2D eigenvalue weighted by molar-refractivity contribution is -0.117. The summed E-state index contributed by atoms with van der Waals surface area (Å²) in [4.78, 5) is 30.4. The first-order chi connectivity index (χ1) is 14.0. The van der Waals surface area contributed by atoms with Gasteiger partial charge in [-0.05, 0) is 38.1 Å². The molecule has 0 saturated heterocycles. The predicted molar refractivity (Wildman–Crippen MR) is 112 cm³/mol. The Labute approximate surface area is 171 Å². The molecule has 0 fully saturated rings. The Morgan fingerprint density at radius 3 is 2.38 bits per heavy atom. The van der Waals surface area contributed by atoms with Crippen LogP contribution in [0.5, 0.6) is 0 Å². The Morgan fingerprint density at radius 2 is 1.69 bits per heavy atom. The maximum absolute atomic E-state index is 12.7. The number of nitrogens with zero attached hydrogens (tertiary/aromatic N) is 4. The number of carbonyl (C=O) groups is 1. The zero-order valence-corrected chi connectivity index (χ0v) is 16.8. The Kier molecular flexibility index (Phi) is 5.18. The van der Waals surface area contributed by atoms with Gasteiger partial charge in [0.2, 0.25) is 5.91 Å². The van der Waals surface area contributed by atoms with Gasteiger partial charge in [0.05, 0.1) is 0 Å². The van der Waals surface area contributed by atoms with E-state index in [-0.39, 0.29) is 18.1 Å². The van der Waals surface area contributed by atoms with Gasteiger partial charge in [0.15, 0.2) is 5.65 Å². The first kappa shape index (κ1) is 18.9. The number of carbonyl (C=O) groups excluding carboxylic acids is 1. The first-order valence-electron chi connectivity index (χ1n) is 9.05. The highest BCUT2D eigenvalue weighted by molar-refractivity contribution is 7.99. The molecule has 0 saturated carbocycles. The third kappa shape index (κ3) is 4.22. The van der Waals surface area contributed by atoms with Crippen molar-refractivity contribution < 1.29 is 4.79 Å². The van der Waals surface area contributed by atoms with Gasteiger partial charge >= 0.3 is 5.69 Å². The van der Waals surface area contributed by atoms with Gasteiger partial charge in [-0.2, -0.15) is 0 Å². The average molecular weight is 405 g/mol. The monoisotopic (exact) mass is 405 g/mol. The van der Waals surface area contributed by atoms with Gasteiger partial charge in [0.1, 0.15) is 11.6 Å². The third-order valence-electron chi connectivity index (χ3n) is 4.33. The number of hydrogen-bond acceptors (Lipinski definition) is 5. The van der Waals surface area contributed by atoms with E-state index in [9.17, 15) is 9.59 Å². The van der Waals surface area contributed by atoms with Crippen LogP contribution < -0.4 is 11.0 Å². The van der Waals surface area contributed by atoms with Gasteiger partial charge in [-0.15, -0.1) is 5.10 Å².